The normalized spacial score (nSPS) is 10.9. The fourth-order valence-corrected chi connectivity index (χ4v) is 4.26. The summed E-state index contributed by atoms with van der Waals surface area (Å²) >= 11 is 0. The summed E-state index contributed by atoms with van der Waals surface area (Å²) in [6.45, 7) is 4.53. The van der Waals surface area contributed by atoms with Crippen LogP contribution in [0.25, 0.3) is 11.1 Å². The Bertz CT molecular complexity index is 474. The van der Waals surface area contributed by atoms with E-state index in [1.54, 1.807) is 0 Å². The topological polar surface area (TPSA) is 0 Å². The lowest BCUT2D eigenvalue weighted by molar-refractivity contribution is 0.752. The SMILES string of the molecule is CC(C)CSSCc1ccc(-c2ccccc2)cc1. The third-order valence-corrected chi connectivity index (χ3v) is 5.45. The van der Waals surface area contributed by atoms with Gasteiger partial charge in [-0.25, -0.2) is 0 Å². The Hall–Kier alpha value is -0.860. The molecular formula is C17H20S2. The van der Waals surface area contributed by atoms with Crippen LogP contribution in [0.3, 0.4) is 0 Å². The first-order chi connectivity index (χ1) is 9.25. The molecule has 0 unspecified atom stereocenters. The maximum Gasteiger partial charge on any atom is 0.0288 e. The predicted molar refractivity (Wildman–Crippen MR) is 90.5 cm³/mol. The van der Waals surface area contributed by atoms with Gasteiger partial charge in [-0.3, -0.25) is 0 Å². The molecule has 2 aromatic carbocycles. The predicted octanol–water partition coefficient (Wildman–Crippen LogP) is 5.89. The molecule has 0 aliphatic heterocycles. The van der Waals surface area contributed by atoms with Gasteiger partial charge < -0.3 is 0 Å². The van der Waals surface area contributed by atoms with E-state index >= 15 is 0 Å². The third kappa shape index (κ3) is 4.96. The summed E-state index contributed by atoms with van der Waals surface area (Å²) in [5.41, 5.74) is 3.99. The maximum absolute atomic E-state index is 2.27. The van der Waals surface area contributed by atoms with Gasteiger partial charge in [0.25, 0.3) is 0 Å². The summed E-state index contributed by atoms with van der Waals surface area (Å²) in [4.78, 5) is 0. The van der Waals surface area contributed by atoms with Crippen molar-refractivity contribution in [3.05, 3.63) is 60.2 Å². The molecule has 0 spiro atoms. The largest absolute Gasteiger partial charge is 0.0936 e. The van der Waals surface area contributed by atoms with Gasteiger partial charge in [0.15, 0.2) is 0 Å². The molecule has 0 aliphatic carbocycles. The number of rotatable bonds is 6. The molecule has 100 valence electrons. The van der Waals surface area contributed by atoms with E-state index in [0.29, 0.717) is 0 Å². The van der Waals surface area contributed by atoms with Gasteiger partial charge in [-0.15, -0.1) is 0 Å². The Labute approximate surface area is 124 Å². The Kier molecular flexibility index (Phi) is 5.87. The van der Waals surface area contributed by atoms with Gasteiger partial charge >= 0.3 is 0 Å². The van der Waals surface area contributed by atoms with E-state index in [0.717, 1.165) is 11.7 Å². The van der Waals surface area contributed by atoms with Crippen molar-refractivity contribution in [2.45, 2.75) is 19.6 Å². The first-order valence-corrected chi connectivity index (χ1v) is 9.13. The summed E-state index contributed by atoms with van der Waals surface area (Å²) in [6, 6.07) is 19.5. The molecule has 0 heterocycles. The van der Waals surface area contributed by atoms with Gasteiger partial charge in [0.1, 0.15) is 0 Å². The highest BCUT2D eigenvalue weighted by Gasteiger charge is 1.99. The van der Waals surface area contributed by atoms with Crippen molar-refractivity contribution >= 4 is 21.6 Å². The standard InChI is InChI=1S/C17H20S2/c1-14(2)12-18-19-13-15-8-10-17(11-9-15)16-6-4-3-5-7-16/h3-11,14H,12-13H2,1-2H3. The zero-order valence-electron chi connectivity index (χ0n) is 11.5. The van der Waals surface area contributed by atoms with Crippen LogP contribution in [-0.4, -0.2) is 5.75 Å². The Balaban J connectivity index is 1.88. The van der Waals surface area contributed by atoms with E-state index in [9.17, 15) is 0 Å². The van der Waals surface area contributed by atoms with Crippen molar-refractivity contribution < 1.29 is 0 Å². The lowest BCUT2D eigenvalue weighted by Gasteiger charge is -2.05. The van der Waals surface area contributed by atoms with Crippen LogP contribution in [0.1, 0.15) is 19.4 Å². The summed E-state index contributed by atoms with van der Waals surface area (Å²) in [5.74, 6) is 3.09. The number of hydrogen-bond acceptors (Lipinski definition) is 2. The fourth-order valence-electron chi connectivity index (χ4n) is 1.72. The Morgan fingerprint density at radius 2 is 1.42 bits per heavy atom. The van der Waals surface area contributed by atoms with Crippen molar-refractivity contribution in [3.63, 3.8) is 0 Å². The zero-order chi connectivity index (χ0) is 13.5. The summed E-state index contributed by atoms with van der Waals surface area (Å²) in [5, 5.41) is 0. The van der Waals surface area contributed by atoms with Crippen LogP contribution in [0.5, 0.6) is 0 Å². The molecule has 0 nitrogen and oxygen atoms in total. The van der Waals surface area contributed by atoms with Crippen LogP contribution in [0.4, 0.5) is 0 Å². The van der Waals surface area contributed by atoms with Gasteiger partial charge in [0.05, 0.1) is 0 Å². The fraction of sp³-hybridized carbons (Fsp3) is 0.294. The molecule has 0 bridgehead atoms. The zero-order valence-corrected chi connectivity index (χ0v) is 13.1. The van der Waals surface area contributed by atoms with E-state index in [1.807, 2.05) is 21.6 Å². The molecule has 19 heavy (non-hydrogen) atoms. The van der Waals surface area contributed by atoms with Crippen LogP contribution < -0.4 is 0 Å². The first-order valence-electron chi connectivity index (χ1n) is 6.64. The molecule has 2 aromatic rings. The third-order valence-electron chi connectivity index (χ3n) is 2.77. The van der Waals surface area contributed by atoms with Crippen molar-refractivity contribution in [2.75, 3.05) is 5.75 Å². The number of hydrogen-bond donors (Lipinski definition) is 0. The minimum absolute atomic E-state index is 0.776. The molecule has 0 aliphatic rings. The second kappa shape index (κ2) is 7.66. The summed E-state index contributed by atoms with van der Waals surface area (Å²) in [7, 11) is 3.93. The minimum atomic E-state index is 0.776. The molecule has 0 N–H and O–H groups in total. The molecule has 0 aromatic heterocycles. The summed E-state index contributed by atoms with van der Waals surface area (Å²) in [6.07, 6.45) is 0. The monoisotopic (exact) mass is 288 g/mol. The molecule has 0 radical (unpaired) electrons. The van der Waals surface area contributed by atoms with E-state index in [4.69, 9.17) is 0 Å². The molecule has 0 saturated heterocycles. The Morgan fingerprint density at radius 3 is 2.05 bits per heavy atom. The molecule has 0 amide bonds. The maximum atomic E-state index is 2.27. The van der Waals surface area contributed by atoms with Gasteiger partial charge in [0, 0.05) is 11.5 Å². The van der Waals surface area contributed by atoms with Crippen LogP contribution in [0.15, 0.2) is 54.6 Å². The highest BCUT2D eigenvalue weighted by atomic mass is 33.1. The van der Waals surface area contributed by atoms with Crippen molar-refractivity contribution in [1.82, 2.24) is 0 Å². The van der Waals surface area contributed by atoms with Crippen molar-refractivity contribution in [1.29, 1.82) is 0 Å². The molecule has 2 heteroatoms. The van der Waals surface area contributed by atoms with Gasteiger partial charge in [0.2, 0.25) is 0 Å². The van der Waals surface area contributed by atoms with E-state index < -0.39 is 0 Å². The second-order valence-electron chi connectivity index (χ2n) is 5.00. The van der Waals surface area contributed by atoms with Crippen molar-refractivity contribution in [3.8, 4) is 11.1 Å². The van der Waals surface area contributed by atoms with Gasteiger partial charge in [-0.2, -0.15) is 0 Å². The average molecular weight is 288 g/mol. The first kappa shape index (κ1) is 14.5. The van der Waals surface area contributed by atoms with Crippen LogP contribution >= 0.6 is 21.6 Å². The molecule has 0 saturated carbocycles. The quantitative estimate of drug-likeness (QED) is 0.480. The molecule has 0 atom stereocenters. The number of benzene rings is 2. The van der Waals surface area contributed by atoms with Gasteiger partial charge in [-0.05, 0) is 22.6 Å². The van der Waals surface area contributed by atoms with Crippen LogP contribution in [-0.2, 0) is 5.75 Å². The second-order valence-corrected chi connectivity index (χ2v) is 7.51. The van der Waals surface area contributed by atoms with Crippen LogP contribution in [0, 0.1) is 5.92 Å². The average Bonchev–Trinajstić information content (AvgIpc) is 2.45. The lowest BCUT2D eigenvalue weighted by atomic mass is 10.0. The van der Waals surface area contributed by atoms with Crippen LogP contribution in [0.2, 0.25) is 0 Å². The highest BCUT2D eigenvalue weighted by Crippen LogP contribution is 2.28. The molecule has 2 rings (SSSR count). The van der Waals surface area contributed by atoms with E-state index in [1.165, 1.54) is 22.4 Å². The molecule has 0 fully saturated rings. The highest BCUT2D eigenvalue weighted by molar-refractivity contribution is 8.76. The Morgan fingerprint density at radius 1 is 0.789 bits per heavy atom. The minimum Gasteiger partial charge on any atom is -0.0936 e. The smallest absolute Gasteiger partial charge is 0.0288 e. The molecular weight excluding hydrogens is 268 g/mol. The van der Waals surface area contributed by atoms with E-state index in [2.05, 4.69) is 68.4 Å². The van der Waals surface area contributed by atoms with Gasteiger partial charge in [-0.1, -0.05) is 90.0 Å². The van der Waals surface area contributed by atoms with Crippen molar-refractivity contribution in [2.24, 2.45) is 5.92 Å². The summed E-state index contributed by atoms with van der Waals surface area (Å²) < 4.78 is 0. The lowest BCUT2D eigenvalue weighted by Crippen LogP contribution is -1.88. The van der Waals surface area contributed by atoms with E-state index in [-0.39, 0.29) is 0 Å².